The van der Waals surface area contributed by atoms with Crippen LogP contribution >= 0.6 is 0 Å². The molecule has 1 aromatic carbocycles. The molecule has 1 aromatic rings. The fourth-order valence-corrected chi connectivity index (χ4v) is 3.15. The van der Waals surface area contributed by atoms with E-state index in [1.807, 2.05) is 18.2 Å². The zero-order chi connectivity index (χ0) is 15.0. The van der Waals surface area contributed by atoms with Crippen molar-refractivity contribution in [2.24, 2.45) is 5.41 Å². The Kier molecular flexibility index (Phi) is 3.35. The average Bonchev–Trinajstić information content (AvgIpc) is 2.82. The summed E-state index contributed by atoms with van der Waals surface area (Å²) in [6.45, 7) is 3.04. The highest BCUT2D eigenvalue weighted by Gasteiger charge is 2.37. The first-order chi connectivity index (χ1) is 10.0. The van der Waals surface area contributed by atoms with Gasteiger partial charge in [0, 0.05) is 18.8 Å². The van der Waals surface area contributed by atoms with E-state index in [1.165, 1.54) is 6.42 Å². The van der Waals surface area contributed by atoms with Gasteiger partial charge in [0.25, 0.3) is 0 Å². The van der Waals surface area contributed by atoms with Crippen LogP contribution in [-0.2, 0) is 4.79 Å². The summed E-state index contributed by atoms with van der Waals surface area (Å²) in [7, 11) is 0. The first-order valence-electron chi connectivity index (χ1n) is 7.37. The number of hydrogen-bond donors (Lipinski definition) is 2. The molecule has 5 heteroatoms. The predicted molar refractivity (Wildman–Crippen MR) is 79.5 cm³/mol. The van der Waals surface area contributed by atoms with Crippen molar-refractivity contribution < 1.29 is 14.7 Å². The van der Waals surface area contributed by atoms with E-state index < -0.39 is 11.9 Å². The Balaban J connectivity index is 1.73. The number of anilines is 1. The lowest BCUT2D eigenvalue weighted by atomic mass is 9.70. The van der Waals surface area contributed by atoms with Gasteiger partial charge < -0.3 is 10.4 Å². The van der Waals surface area contributed by atoms with E-state index in [9.17, 15) is 14.7 Å². The minimum Gasteiger partial charge on any atom is -0.481 e. The third kappa shape index (κ3) is 2.48. The summed E-state index contributed by atoms with van der Waals surface area (Å²) in [6, 6.07) is 7.04. The molecule has 2 aliphatic rings. The van der Waals surface area contributed by atoms with E-state index in [0.717, 1.165) is 18.4 Å². The third-order valence-corrected chi connectivity index (χ3v) is 4.74. The Morgan fingerprint density at radius 2 is 2.10 bits per heavy atom. The molecule has 0 bridgehead atoms. The van der Waals surface area contributed by atoms with Gasteiger partial charge in [-0.2, -0.15) is 0 Å². The maximum absolute atomic E-state index is 12.4. The lowest BCUT2D eigenvalue weighted by molar-refractivity contribution is -0.138. The molecule has 0 radical (unpaired) electrons. The second-order valence-electron chi connectivity index (χ2n) is 6.38. The minimum atomic E-state index is -0.885. The number of urea groups is 1. The molecule has 21 heavy (non-hydrogen) atoms. The van der Waals surface area contributed by atoms with E-state index in [1.54, 1.807) is 11.0 Å². The molecule has 1 heterocycles. The van der Waals surface area contributed by atoms with Gasteiger partial charge in [-0.15, -0.1) is 0 Å². The van der Waals surface area contributed by atoms with Crippen molar-refractivity contribution in [1.82, 2.24) is 5.32 Å². The molecule has 2 N–H and O–H groups in total. The first-order valence-corrected chi connectivity index (χ1v) is 7.37. The molecule has 1 aliphatic carbocycles. The van der Waals surface area contributed by atoms with Crippen LogP contribution < -0.4 is 10.2 Å². The minimum absolute atomic E-state index is 0.195. The first kappa shape index (κ1) is 13.9. The van der Waals surface area contributed by atoms with Gasteiger partial charge in [-0.05, 0) is 29.9 Å². The second-order valence-corrected chi connectivity index (χ2v) is 6.38. The van der Waals surface area contributed by atoms with Crippen LogP contribution in [0.15, 0.2) is 24.3 Å². The zero-order valence-corrected chi connectivity index (χ0v) is 12.1. The fraction of sp³-hybridized carbons (Fsp3) is 0.500. The Bertz CT molecular complexity index is 581. The summed E-state index contributed by atoms with van der Waals surface area (Å²) in [5, 5.41) is 12.3. The van der Waals surface area contributed by atoms with Gasteiger partial charge in [0.15, 0.2) is 0 Å². The number of rotatable bonds is 3. The molecular weight excluding hydrogens is 268 g/mol. The highest BCUT2D eigenvalue weighted by atomic mass is 16.4. The highest BCUT2D eigenvalue weighted by Crippen LogP contribution is 2.40. The maximum Gasteiger partial charge on any atom is 0.321 e. The fourth-order valence-electron chi connectivity index (χ4n) is 3.15. The lowest BCUT2D eigenvalue weighted by Crippen LogP contribution is -2.46. The van der Waals surface area contributed by atoms with Crippen LogP contribution in [0.5, 0.6) is 0 Å². The second kappa shape index (κ2) is 5.06. The summed E-state index contributed by atoms with van der Waals surface area (Å²) in [5.74, 6) is -1.52. The standard InChI is InChI=1S/C16H20N2O3/c1-16(7-4-8-16)10-17-15(21)18-9-12(14(19)20)11-5-2-3-6-13(11)18/h2-3,5-6,12H,4,7-10H2,1H3,(H,17,21)(H,19,20). The smallest absolute Gasteiger partial charge is 0.321 e. The van der Waals surface area contributed by atoms with Crippen LogP contribution in [0.2, 0.25) is 0 Å². The normalized spacial score (nSPS) is 22.3. The van der Waals surface area contributed by atoms with E-state index in [2.05, 4.69) is 12.2 Å². The van der Waals surface area contributed by atoms with Crippen LogP contribution in [-0.4, -0.2) is 30.2 Å². The number of nitrogens with zero attached hydrogens (tertiary/aromatic N) is 1. The molecule has 1 atom stereocenters. The summed E-state index contributed by atoms with van der Waals surface area (Å²) in [6.07, 6.45) is 3.50. The number of fused-ring (bicyclic) bond motifs is 1. The van der Waals surface area contributed by atoms with Crippen LogP contribution in [0.25, 0.3) is 0 Å². The number of para-hydroxylation sites is 1. The molecule has 0 aromatic heterocycles. The summed E-state index contributed by atoms with van der Waals surface area (Å²) < 4.78 is 0. The molecular formula is C16H20N2O3. The van der Waals surface area contributed by atoms with Gasteiger partial charge in [-0.25, -0.2) is 4.79 Å². The van der Waals surface area contributed by atoms with Crippen molar-refractivity contribution in [2.45, 2.75) is 32.1 Å². The molecule has 1 aliphatic heterocycles. The number of amides is 2. The van der Waals surface area contributed by atoms with E-state index in [-0.39, 0.29) is 18.0 Å². The number of carboxylic acid groups (broad SMARTS) is 1. The average molecular weight is 288 g/mol. The Labute approximate surface area is 123 Å². The van der Waals surface area contributed by atoms with Crippen LogP contribution in [0.3, 0.4) is 0 Å². The molecule has 5 nitrogen and oxygen atoms in total. The van der Waals surface area contributed by atoms with Crippen molar-refractivity contribution in [3.8, 4) is 0 Å². The van der Waals surface area contributed by atoms with Crippen LogP contribution in [0.4, 0.5) is 10.5 Å². The molecule has 0 spiro atoms. The largest absolute Gasteiger partial charge is 0.481 e. The Morgan fingerprint density at radius 3 is 2.71 bits per heavy atom. The number of aliphatic carboxylic acids is 1. The molecule has 2 amide bonds. The van der Waals surface area contributed by atoms with Crippen molar-refractivity contribution in [1.29, 1.82) is 0 Å². The summed E-state index contributed by atoms with van der Waals surface area (Å²) in [4.78, 5) is 25.3. The van der Waals surface area contributed by atoms with Gasteiger partial charge in [0.1, 0.15) is 5.92 Å². The molecule has 1 fully saturated rings. The lowest BCUT2D eigenvalue weighted by Gasteiger charge is -2.38. The van der Waals surface area contributed by atoms with E-state index in [4.69, 9.17) is 0 Å². The van der Waals surface area contributed by atoms with Crippen molar-refractivity contribution in [3.05, 3.63) is 29.8 Å². The number of carbonyl (C=O) groups is 2. The van der Waals surface area contributed by atoms with E-state index in [0.29, 0.717) is 12.2 Å². The quantitative estimate of drug-likeness (QED) is 0.898. The van der Waals surface area contributed by atoms with Crippen LogP contribution in [0.1, 0.15) is 37.7 Å². The molecule has 1 saturated carbocycles. The Morgan fingerprint density at radius 1 is 1.38 bits per heavy atom. The van der Waals surface area contributed by atoms with Crippen molar-refractivity contribution in [2.75, 3.05) is 18.0 Å². The molecule has 1 unspecified atom stereocenters. The van der Waals surface area contributed by atoms with Crippen molar-refractivity contribution >= 4 is 17.7 Å². The number of carboxylic acids is 1. The maximum atomic E-state index is 12.4. The van der Waals surface area contributed by atoms with Gasteiger partial charge in [0.05, 0.1) is 0 Å². The number of carbonyl (C=O) groups excluding carboxylic acids is 1. The Hall–Kier alpha value is -2.04. The van der Waals surface area contributed by atoms with E-state index >= 15 is 0 Å². The summed E-state index contributed by atoms with van der Waals surface area (Å²) in [5.41, 5.74) is 1.64. The van der Waals surface area contributed by atoms with Crippen molar-refractivity contribution in [3.63, 3.8) is 0 Å². The monoisotopic (exact) mass is 288 g/mol. The number of benzene rings is 1. The SMILES string of the molecule is CC1(CNC(=O)N2CC(C(=O)O)c3ccccc32)CCC1. The molecule has 112 valence electrons. The zero-order valence-electron chi connectivity index (χ0n) is 12.1. The molecule has 0 saturated heterocycles. The van der Waals surface area contributed by atoms with Gasteiger partial charge in [-0.3, -0.25) is 9.69 Å². The van der Waals surface area contributed by atoms with Gasteiger partial charge in [-0.1, -0.05) is 31.5 Å². The third-order valence-electron chi connectivity index (χ3n) is 4.74. The molecule has 3 rings (SSSR count). The number of hydrogen-bond acceptors (Lipinski definition) is 2. The van der Waals surface area contributed by atoms with Gasteiger partial charge >= 0.3 is 12.0 Å². The summed E-state index contributed by atoms with van der Waals surface area (Å²) >= 11 is 0. The predicted octanol–water partition coefficient (Wildman–Crippen LogP) is 2.57. The topological polar surface area (TPSA) is 69.6 Å². The van der Waals surface area contributed by atoms with Gasteiger partial charge in [0.2, 0.25) is 0 Å². The van der Waals surface area contributed by atoms with Crippen LogP contribution in [0, 0.1) is 5.41 Å². The highest BCUT2D eigenvalue weighted by molar-refractivity contribution is 5.98. The number of nitrogens with one attached hydrogen (secondary N) is 1.